The summed E-state index contributed by atoms with van der Waals surface area (Å²) in [6.07, 6.45) is 5.45. The van der Waals surface area contributed by atoms with E-state index in [-0.39, 0.29) is 31.6 Å². The lowest BCUT2D eigenvalue weighted by atomic mass is 9.94. The Balaban J connectivity index is 1.76. The van der Waals surface area contributed by atoms with E-state index >= 15 is 0 Å². The molecule has 0 bridgehead atoms. The molecule has 1 aliphatic rings. The second-order valence-electron chi connectivity index (χ2n) is 9.65. The first-order valence-electron chi connectivity index (χ1n) is 13.6. The van der Waals surface area contributed by atoms with Crippen molar-refractivity contribution >= 4 is 29.2 Å². The van der Waals surface area contributed by atoms with Crippen LogP contribution in [-0.4, -0.2) is 74.2 Å². The van der Waals surface area contributed by atoms with Crippen molar-refractivity contribution in [3.8, 4) is 11.5 Å². The molecule has 10 heteroatoms. The minimum atomic E-state index is -0.495. The summed E-state index contributed by atoms with van der Waals surface area (Å²) < 4.78 is 15.7. The number of thiophene rings is 1. The van der Waals surface area contributed by atoms with E-state index < -0.39 is 12.0 Å². The molecular weight excluding hydrogens is 518 g/mol. The van der Waals surface area contributed by atoms with E-state index in [4.69, 9.17) is 14.2 Å². The van der Waals surface area contributed by atoms with Gasteiger partial charge >= 0.3 is 12.0 Å². The van der Waals surface area contributed by atoms with Crippen molar-refractivity contribution < 1.29 is 28.6 Å². The number of rotatable bonds is 13. The molecule has 1 aromatic carbocycles. The van der Waals surface area contributed by atoms with E-state index in [0.717, 1.165) is 42.5 Å². The van der Waals surface area contributed by atoms with Crippen LogP contribution in [0, 0.1) is 6.92 Å². The Morgan fingerprint density at radius 3 is 2.41 bits per heavy atom. The number of aryl methyl sites for hydroxylation is 1. The Bertz CT molecular complexity index is 1100. The average molecular weight is 560 g/mol. The zero-order valence-electron chi connectivity index (χ0n) is 23.5. The Labute approximate surface area is 235 Å². The highest BCUT2D eigenvalue weighted by atomic mass is 32.1. The third-order valence-electron chi connectivity index (χ3n) is 6.88. The fraction of sp³-hybridized carbons (Fsp3) is 0.552. The van der Waals surface area contributed by atoms with Crippen LogP contribution in [0.25, 0.3) is 0 Å². The maximum absolute atomic E-state index is 13.8. The van der Waals surface area contributed by atoms with Crippen LogP contribution in [-0.2, 0) is 27.3 Å². The highest BCUT2D eigenvalue weighted by molar-refractivity contribution is 7.11. The molecular formula is C29H41N3O6S. The van der Waals surface area contributed by atoms with Crippen LogP contribution in [0.5, 0.6) is 11.5 Å². The Kier molecular flexibility index (Phi) is 11.9. The van der Waals surface area contributed by atoms with Crippen molar-refractivity contribution in [1.29, 1.82) is 0 Å². The van der Waals surface area contributed by atoms with Crippen LogP contribution >= 0.6 is 11.3 Å². The van der Waals surface area contributed by atoms with Crippen molar-refractivity contribution in [3.05, 3.63) is 45.6 Å². The monoisotopic (exact) mass is 559 g/mol. The standard InChI is InChI=1S/C29H41N3O6S/c1-5-38-28(34)18-30-29(35)32(23-9-7-6-8-10-23)20-27(33)31(19-24-13-11-21(2)39-24)16-15-22-12-14-25(36-3)26(17-22)37-4/h11-14,17,23H,5-10,15-16,18-20H2,1-4H3,(H,30,35). The zero-order chi connectivity index (χ0) is 28.2. The van der Waals surface area contributed by atoms with Gasteiger partial charge in [0.1, 0.15) is 13.1 Å². The number of nitrogens with one attached hydrogen (secondary N) is 1. The second kappa shape index (κ2) is 15.4. The number of carbonyl (C=O) groups excluding carboxylic acids is 3. The molecule has 1 fully saturated rings. The molecule has 3 rings (SSSR count). The van der Waals surface area contributed by atoms with Crippen molar-refractivity contribution in [2.75, 3.05) is 40.5 Å². The number of nitrogens with zero attached hydrogens (tertiary/aromatic N) is 2. The van der Waals surface area contributed by atoms with Crippen LogP contribution in [0.15, 0.2) is 30.3 Å². The van der Waals surface area contributed by atoms with E-state index in [1.165, 1.54) is 4.88 Å². The summed E-state index contributed by atoms with van der Waals surface area (Å²) in [5, 5.41) is 2.66. The van der Waals surface area contributed by atoms with Gasteiger partial charge in [-0.2, -0.15) is 0 Å². The maximum Gasteiger partial charge on any atom is 0.325 e. The van der Waals surface area contributed by atoms with E-state index in [0.29, 0.717) is 31.0 Å². The molecule has 0 saturated heterocycles. The molecule has 0 aliphatic heterocycles. The molecule has 3 amide bonds. The molecule has 1 N–H and O–H groups in total. The van der Waals surface area contributed by atoms with Gasteiger partial charge in [-0.3, -0.25) is 9.59 Å². The summed E-state index contributed by atoms with van der Waals surface area (Å²) >= 11 is 1.66. The molecule has 1 aromatic heterocycles. The third-order valence-corrected chi connectivity index (χ3v) is 7.87. The summed E-state index contributed by atoms with van der Waals surface area (Å²) in [4.78, 5) is 44.5. The van der Waals surface area contributed by atoms with E-state index in [9.17, 15) is 14.4 Å². The van der Waals surface area contributed by atoms with Gasteiger partial charge in [0.15, 0.2) is 11.5 Å². The van der Waals surface area contributed by atoms with Gasteiger partial charge in [0.25, 0.3) is 0 Å². The normalized spacial score (nSPS) is 13.4. The van der Waals surface area contributed by atoms with Gasteiger partial charge < -0.3 is 29.3 Å². The largest absolute Gasteiger partial charge is 0.493 e. The lowest BCUT2D eigenvalue weighted by Crippen LogP contribution is -2.52. The molecule has 39 heavy (non-hydrogen) atoms. The van der Waals surface area contributed by atoms with Crippen LogP contribution in [0.4, 0.5) is 4.79 Å². The molecule has 1 aliphatic carbocycles. The second-order valence-corrected chi connectivity index (χ2v) is 11.0. The number of methoxy groups -OCH3 is 2. The van der Waals surface area contributed by atoms with Gasteiger partial charge in [0.05, 0.1) is 27.4 Å². The SMILES string of the molecule is CCOC(=O)CNC(=O)N(CC(=O)N(CCc1ccc(OC)c(OC)c1)Cc1ccc(C)s1)C1CCCCC1. The minimum Gasteiger partial charge on any atom is -0.493 e. The van der Waals surface area contributed by atoms with Crippen LogP contribution < -0.4 is 14.8 Å². The molecule has 0 atom stereocenters. The van der Waals surface area contributed by atoms with Gasteiger partial charge in [-0.25, -0.2) is 4.79 Å². The third kappa shape index (κ3) is 9.16. The fourth-order valence-corrected chi connectivity index (χ4v) is 5.72. The van der Waals surface area contributed by atoms with Gasteiger partial charge in [-0.1, -0.05) is 25.3 Å². The predicted octanol–water partition coefficient (Wildman–Crippen LogP) is 4.55. The topological polar surface area (TPSA) is 97.4 Å². The summed E-state index contributed by atoms with van der Waals surface area (Å²) in [5.74, 6) is 0.674. The first kappa shape index (κ1) is 30.3. The number of amides is 3. The van der Waals surface area contributed by atoms with Gasteiger partial charge in [0.2, 0.25) is 5.91 Å². The highest BCUT2D eigenvalue weighted by Crippen LogP contribution is 2.28. The van der Waals surface area contributed by atoms with Gasteiger partial charge in [-0.05, 0) is 62.9 Å². The lowest BCUT2D eigenvalue weighted by molar-refractivity contribution is -0.141. The summed E-state index contributed by atoms with van der Waals surface area (Å²) in [5.41, 5.74) is 1.02. The molecule has 1 saturated carbocycles. The zero-order valence-corrected chi connectivity index (χ0v) is 24.3. The molecule has 2 aromatic rings. The Morgan fingerprint density at radius 1 is 1.03 bits per heavy atom. The highest BCUT2D eigenvalue weighted by Gasteiger charge is 2.29. The summed E-state index contributed by atoms with van der Waals surface area (Å²) in [7, 11) is 3.20. The predicted molar refractivity (Wildman–Crippen MR) is 151 cm³/mol. The van der Waals surface area contributed by atoms with E-state index in [1.54, 1.807) is 37.4 Å². The van der Waals surface area contributed by atoms with Crippen molar-refractivity contribution in [2.24, 2.45) is 0 Å². The lowest BCUT2D eigenvalue weighted by Gasteiger charge is -2.35. The molecule has 0 unspecified atom stereocenters. The number of carbonyl (C=O) groups is 3. The van der Waals surface area contributed by atoms with Crippen molar-refractivity contribution in [1.82, 2.24) is 15.1 Å². The quantitative estimate of drug-likeness (QED) is 0.362. The molecule has 1 heterocycles. The number of ether oxygens (including phenoxy) is 3. The van der Waals surface area contributed by atoms with Crippen molar-refractivity contribution in [2.45, 2.75) is 65.0 Å². The number of hydrogen-bond acceptors (Lipinski definition) is 7. The number of esters is 1. The molecule has 9 nitrogen and oxygen atoms in total. The number of hydrogen-bond donors (Lipinski definition) is 1. The first-order chi connectivity index (χ1) is 18.8. The fourth-order valence-electron chi connectivity index (χ4n) is 4.82. The average Bonchev–Trinajstić information content (AvgIpc) is 3.37. The molecule has 0 spiro atoms. The summed E-state index contributed by atoms with van der Waals surface area (Å²) in [6, 6.07) is 9.40. The number of benzene rings is 1. The van der Waals surface area contributed by atoms with E-state index in [2.05, 4.69) is 5.32 Å². The Morgan fingerprint density at radius 2 is 1.77 bits per heavy atom. The smallest absolute Gasteiger partial charge is 0.325 e. The van der Waals surface area contributed by atoms with Crippen LogP contribution in [0.3, 0.4) is 0 Å². The van der Waals surface area contributed by atoms with E-state index in [1.807, 2.05) is 42.2 Å². The first-order valence-corrected chi connectivity index (χ1v) is 14.4. The van der Waals surface area contributed by atoms with Gasteiger partial charge in [-0.15, -0.1) is 11.3 Å². The van der Waals surface area contributed by atoms with Crippen LogP contribution in [0.2, 0.25) is 0 Å². The Hall–Kier alpha value is -3.27. The summed E-state index contributed by atoms with van der Waals surface area (Å²) in [6.45, 7) is 4.69. The minimum absolute atomic E-state index is 0.0402. The number of urea groups is 1. The maximum atomic E-state index is 13.8. The van der Waals surface area contributed by atoms with Crippen molar-refractivity contribution in [3.63, 3.8) is 0 Å². The van der Waals surface area contributed by atoms with Gasteiger partial charge in [0, 0.05) is 22.3 Å². The molecule has 214 valence electrons. The van der Waals surface area contributed by atoms with Crippen LogP contribution in [0.1, 0.15) is 54.3 Å². The molecule has 0 radical (unpaired) electrons.